The van der Waals surface area contributed by atoms with Crippen LogP contribution in [-0.4, -0.2) is 53.5 Å². The number of nitrogens with zero attached hydrogens (tertiary/aromatic N) is 4. The monoisotopic (exact) mass is 353 g/mol. The number of aromatic nitrogens is 2. The Bertz CT molecular complexity index is 749. The molecule has 2 aromatic rings. The summed E-state index contributed by atoms with van der Waals surface area (Å²) in [5.74, 6) is 1.01. The lowest BCUT2D eigenvalue weighted by molar-refractivity contribution is 0.156. The molecule has 6 heteroatoms. The summed E-state index contributed by atoms with van der Waals surface area (Å²) >= 11 is 0. The van der Waals surface area contributed by atoms with Crippen molar-refractivity contribution in [3.05, 3.63) is 48.3 Å². The van der Waals surface area contributed by atoms with Gasteiger partial charge in [-0.05, 0) is 37.5 Å². The Morgan fingerprint density at radius 2 is 2.23 bits per heavy atom. The lowest BCUT2D eigenvalue weighted by Gasteiger charge is -2.25. The van der Waals surface area contributed by atoms with Crippen LogP contribution in [0.25, 0.3) is 5.69 Å². The molecule has 2 saturated heterocycles. The van der Waals surface area contributed by atoms with Gasteiger partial charge in [0.05, 0.1) is 18.8 Å². The highest BCUT2D eigenvalue weighted by molar-refractivity contribution is 5.80. The molecule has 2 aliphatic heterocycles. The number of benzene rings is 1. The topological polar surface area (TPSA) is 54.7 Å². The minimum absolute atomic E-state index is 0.336. The number of ether oxygens (including phenoxy) is 1. The van der Waals surface area contributed by atoms with Gasteiger partial charge in [-0.25, -0.2) is 9.67 Å². The molecule has 2 fully saturated rings. The van der Waals surface area contributed by atoms with Crippen LogP contribution in [-0.2, 0) is 11.3 Å². The third-order valence-electron chi connectivity index (χ3n) is 5.40. The maximum absolute atomic E-state index is 5.66. The average molecular weight is 353 g/mol. The van der Waals surface area contributed by atoms with Gasteiger partial charge in [0.25, 0.3) is 0 Å². The minimum Gasteiger partial charge on any atom is -0.381 e. The number of guanidine groups is 1. The molecule has 3 heterocycles. The van der Waals surface area contributed by atoms with Crippen LogP contribution in [0.4, 0.5) is 0 Å². The van der Waals surface area contributed by atoms with Gasteiger partial charge in [-0.2, -0.15) is 5.10 Å². The van der Waals surface area contributed by atoms with E-state index >= 15 is 0 Å². The second kappa shape index (κ2) is 7.50. The molecule has 1 atom stereocenters. The van der Waals surface area contributed by atoms with Crippen molar-refractivity contribution in [2.24, 2.45) is 10.4 Å². The van der Waals surface area contributed by atoms with Crippen LogP contribution in [0.15, 0.2) is 47.7 Å². The van der Waals surface area contributed by atoms with E-state index in [2.05, 4.69) is 40.4 Å². The largest absolute Gasteiger partial charge is 0.381 e. The van der Waals surface area contributed by atoms with Crippen molar-refractivity contribution in [2.75, 3.05) is 32.8 Å². The highest BCUT2D eigenvalue weighted by atomic mass is 16.5. The summed E-state index contributed by atoms with van der Waals surface area (Å²) in [6.45, 7) is 7.52. The van der Waals surface area contributed by atoms with Gasteiger partial charge in [-0.15, -0.1) is 0 Å². The van der Waals surface area contributed by atoms with Crippen LogP contribution in [0.1, 0.15) is 25.3 Å². The van der Waals surface area contributed by atoms with Gasteiger partial charge in [0.2, 0.25) is 0 Å². The minimum atomic E-state index is 0.336. The summed E-state index contributed by atoms with van der Waals surface area (Å²) in [4.78, 5) is 7.34. The van der Waals surface area contributed by atoms with Crippen molar-refractivity contribution in [3.63, 3.8) is 0 Å². The van der Waals surface area contributed by atoms with Gasteiger partial charge in [0, 0.05) is 44.0 Å². The van der Waals surface area contributed by atoms with E-state index in [1.165, 1.54) is 18.4 Å². The van der Waals surface area contributed by atoms with Crippen molar-refractivity contribution < 1.29 is 4.74 Å². The van der Waals surface area contributed by atoms with Gasteiger partial charge < -0.3 is 15.0 Å². The van der Waals surface area contributed by atoms with Crippen molar-refractivity contribution in [2.45, 2.75) is 26.3 Å². The number of para-hydroxylation sites is 1. The Balaban J connectivity index is 1.52. The van der Waals surface area contributed by atoms with Crippen molar-refractivity contribution in [1.29, 1.82) is 0 Å². The number of hydrogen-bond acceptors (Lipinski definition) is 3. The molecular weight excluding hydrogens is 326 g/mol. The van der Waals surface area contributed by atoms with Crippen LogP contribution < -0.4 is 5.32 Å². The molecule has 1 spiro atoms. The Hall–Kier alpha value is -2.34. The predicted octanol–water partition coefficient (Wildman–Crippen LogP) is 2.45. The number of nitrogens with one attached hydrogen (secondary N) is 1. The van der Waals surface area contributed by atoms with Gasteiger partial charge in [0.1, 0.15) is 0 Å². The lowest BCUT2D eigenvalue weighted by atomic mass is 9.87. The van der Waals surface area contributed by atoms with E-state index in [1.54, 1.807) is 6.20 Å². The summed E-state index contributed by atoms with van der Waals surface area (Å²) < 4.78 is 7.56. The van der Waals surface area contributed by atoms with Crippen LogP contribution in [0.3, 0.4) is 0 Å². The van der Waals surface area contributed by atoms with E-state index in [0.717, 1.165) is 44.5 Å². The zero-order valence-corrected chi connectivity index (χ0v) is 15.4. The Morgan fingerprint density at radius 3 is 3.00 bits per heavy atom. The highest BCUT2D eigenvalue weighted by Crippen LogP contribution is 2.38. The predicted molar refractivity (Wildman–Crippen MR) is 102 cm³/mol. The molecule has 0 radical (unpaired) electrons. The van der Waals surface area contributed by atoms with E-state index in [1.807, 2.05) is 23.0 Å². The fourth-order valence-electron chi connectivity index (χ4n) is 3.95. The molecule has 6 nitrogen and oxygen atoms in total. The molecule has 0 bridgehead atoms. The number of aliphatic imine (C=N–C) groups is 1. The third-order valence-corrected chi connectivity index (χ3v) is 5.40. The second-order valence-corrected chi connectivity index (χ2v) is 7.22. The molecular formula is C20H27N5O. The molecule has 0 amide bonds. The fraction of sp³-hybridized carbons (Fsp3) is 0.500. The second-order valence-electron chi connectivity index (χ2n) is 7.22. The van der Waals surface area contributed by atoms with Crippen LogP contribution in [0, 0.1) is 5.41 Å². The smallest absolute Gasteiger partial charge is 0.194 e. The SMILES string of the molecule is CCNC(=NCc1ccccc1-n1cccn1)N1CCC2(CCOC2)C1. The summed E-state index contributed by atoms with van der Waals surface area (Å²) in [6.07, 6.45) is 6.14. The summed E-state index contributed by atoms with van der Waals surface area (Å²) in [7, 11) is 0. The van der Waals surface area contributed by atoms with Crippen LogP contribution in [0.5, 0.6) is 0 Å². The number of hydrogen-bond donors (Lipinski definition) is 1. The maximum Gasteiger partial charge on any atom is 0.194 e. The Morgan fingerprint density at radius 1 is 1.31 bits per heavy atom. The summed E-state index contributed by atoms with van der Waals surface area (Å²) in [6, 6.07) is 10.3. The van der Waals surface area contributed by atoms with Gasteiger partial charge in [-0.3, -0.25) is 0 Å². The van der Waals surface area contributed by atoms with Crippen molar-refractivity contribution >= 4 is 5.96 Å². The lowest BCUT2D eigenvalue weighted by Crippen LogP contribution is -2.41. The zero-order chi connectivity index (χ0) is 17.8. The Kier molecular flexibility index (Phi) is 4.93. The van der Waals surface area contributed by atoms with Gasteiger partial charge in [0.15, 0.2) is 5.96 Å². The van der Waals surface area contributed by atoms with Crippen molar-refractivity contribution in [1.82, 2.24) is 20.0 Å². The van der Waals surface area contributed by atoms with Crippen LogP contribution >= 0.6 is 0 Å². The zero-order valence-electron chi connectivity index (χ0n) is 15.4. The molecule has 1 N–H and O–H groups in total. The summed E-state index contributed by atoms with van der Waals surface area (Å²) in [5, 5.41) is 7.83. The quantitative estimate of drug-likeness (QED) is 0.678. The molecule has 138 valence electrons. The van der Waals surface area contributed by atoms with Crippen molar-refractivity contribution in [3.8, 4) is 5.69 Å². The molecule has 4 rings (SSSR count). The first-order chi connectivity index (χ1) is 12.8. The van der Waals surface area contributed by atoms with E-state index in [0.29, 0.717) is 12.0 Å². The first-order valence-corrected chi connectivity index (χ1v) is 9.49. The standard InChI is InChI=1S/C20H27N5O/c1-2-21-19(24-12-8-20(15-24)9-13-26-16-20)22-14-17-6-3-4-7-18(17)25-11-5-10-23-25/h3-7,10-11H,2,8-9,12-16H2,1H3,(H,21,22). The third kappa shape index (κ3) is 3.46. The van der Waals surface area contributed by atoms with E-state index in [4.69, 9.17) is 9.73 Å². The van der Waals surface area contributed by atoms with Gasteiger partial charge in [-0.1, -0.05) is 18.2 Å². The first-order valence-electron chi connectivity index (χ1n) is 9.49. The van der Waals surface area contributed by atoms with E-state index in [-0.39, 0.29) is 0 Å². The first kappa shape index (κ1) is 17.1. The Labute approximate surface area is 154 Å². The van der Waals surface area contributed by atoms with Crippen LogP contribution in [0.2, 0.25) is 0 Å². The summed E-state index contributed by atoms with van der Waals surface area (Å²) in [5.41, 5.74) is 2.59. The number of likely N-dealkylation sites (tertiary alicyclic amines) is 1. The van der Waals surface area contributed by atoms with E-state index in [9.17, 15) is 0 Å². The fourth-order valence-corrected chi connectivity index (χ4v) is 3.95. The molecule has 1 aromatic carbocycles. The molecule has 0 aliphatic carbocycles. The van der Waals surface area contributed by atoms with E-state index < -0.39 is 0 Å². The molecule has 2 aliphatic rings. The molecule has 1 unspecified atom stereocenters. The van der Waals surface area contributed by atoms with Gasteiger partial charge >= 0.3 is 0 Å². The molecule has 0 saturated carbocycles. The number of rotatable bonds is 4. The average Bonchev–Trinajstić information content (AvgIpc) is 3.43. The molecule has 1 aromatic heterocycles. The normalized spacial score (nSPS) is 23.1. The molecule has 26 heavy (non-hydrogen) atoms. The maximum atomic E-state index is 5.66. The highest BCUT2D eigenvalue weighted by Gasteiger charge is 2.42.